The smallest absolute Gasteiger partial charge is 0.223 e. The van der Waals surface area contributed by atoms with Crippen molar-refractivity contribution in [3.05, 3.63) is 0 Å². The molecular weight excluding hydrogens is 246 g/mol. The molecular formula is C15H24ClNO. The van der Waals surface area contributed by atoms with Crippen molar-refractivity contribution in [1.29, 1.82) is 0 Å². The number of amides is 1. The van der Waals surface area contributed by atoms with E-state index in [1.54, 1.807) is 0 Å². The van der Waals surface area contributed by atoms with E-state index in [-0.39, 0.29) is 17.4 Å². The summed E-state index contributed by atoms with van der Waals surface area (Å²) in [6, 6.07) is 0. The van der Waals surface area contributed by atoms with Gasteiger partial charge in [0.1, 0.15) is 0 Å². The van der Waals surface area contributed by atoms with Crippen LogP contribution in [0.4, 0.5) is 0 Å². The van der Waals surface area contributed by atoms with Crippen molar-refractivity contribution in [3.63, 3.8) is 0 Å². The third-order valence-electron chi connectivity index (χ3n) is 5.35. The van der Waals surface area contributed by atoms with Gasteiger partial charge in [-0.05, 0) is 49.9 Å². The summed E-state index contributed by atoms with van der Waals surface area (Å²) in [5.74, 6) is 3.58. The number of carbonyl (C=O) groups excluding carboxylic acids is 1. The Morgan fingerprint density at radius 2 is 2.06 bits per heavy atom. The second kappa shape index (κ2) is 4.70. The van der Waals surface area contributed by atoms with E-state index in [2.05, 4.69) is 12.2 Å². The first-order valence-electron chi connectivity index (χ1n) is 7.50. The summed E-state index contributed by atoms with van der Waals surface area (Å²) in [5, 5.41) is 3.32. The Morgan fingerprint density at radius 1 is 1.33 bits per heavy atom. The Morgan fingerprint density at radius 3 is 2.67 bits per heavy atom. The Labute approximate surface area is 115 Å². The van der Waals surface area contributed by atoms with Crippen LogP contribution in [-0.2, 0) is 4.79 Å². The van der Waals surface area contributed by atoms with Gasteiger partial charge in [0, 0.05) is 11.8 Å². The van der Waals surface area contributed by atoms with Crippen LogP contribution in [-0.4, -0.2) is 17.3 Å². The zero-order chi connectivity index (χ0) is 12.8. The minimum Gasteiger partial charge on any atom is -0.349 e. The average molecular weight is 270 g/mol. The molecule has 0 aromatic heterocycles. The normalized spacial score (nSPS) is 46.6. The van der Waals surface area contributed by atoms with Crippen molar-refractivity contribution < 1.29 is 4.79 Å². The molecule has 3 heteroatoms. The summed E-state index contributed by atoms with van der Waals surface area (Å²) in [5.41, 5.74) is -0.108. The van der Waals surface area contributed by atoms with E-state index in [0.717, 1.165) is 37.5 Å². The Hall–Kier alpha value is -0.240. The molecule has 4 atom stereocenters. The van der Waals surface area contributed by atoms with Crippen molar-refractivity contribution in [2.24, 2.45) is 23.7 Å². The van der Waals surface area contributed by atoms with Gasteiger partial charge in [-0.15, -0.1) is 11.6 Å². The monoisotopic (exact) mass is 269 g/mol. The predicted molar refractivity (Wildman–Crippen MR) is 73.5 cm³/mol. The summed E-state index contributed by atoms with van der Waals surface area (Å²) in [6.45, 7) is 2.28. The van der Waals surface area contributed by atoms with E-state index in [1.165, 1.54) is 19.3 Å². The standard InChI is InChI=1S/C15H24ClNO/c1-10-3-2-4-15(8-10,9-16)17-14(18)13-6-11-5-12(11)7-13/h10-13H,2-9H2,1H3,(H,17,18). The lowest BCUT2D eigenvalue weighted by Gasteiger charge is -2.40. The summed E-state index contributed by atoms with van der Waals surface area (Å²) in [6.07, 6.45) is 8.23. The van der Waals surface area contributed by atoms with Crippen molar-refractivity contribution in [1.82, 2.24) is 5.32 Å². The third kappa shape index (κ3) is 2.41. The van der Waals surface area contributed by atoms with Gasteiger partial charge in [-0.2, -0.15) is 0 Å². The topological polar surface area (TPSA) is 29.1 Å². The van der Waals surface area contributed by atoms with Gasteiger partial charge < -0.3 is 5.32 Å². The maximum atomic E-state index is 12.4. The van der Waals surface area contributed by atoms with Crippen LogP contribution in [0.5, 0.6) is 0 Å². The third-order valence-corrected chi connectivity index (χ3v) is 5.86. The SMILES string of the molecule is CC1CCCC(CCl)(NC(=O)C2CC3CC3C2)C1. The van der Waals surface area contributed by atoms with Gasteiger partial charge in [0.15, 0.2) is 0 Å². The molecule has 3 rings (SSSR count). The second-order valence-electron chi connectivity index (χ2n) is 7.03. The molecule has 1 N–H and O–H groups in total. The molecule has 0 spiro atoms. The largest absolute Gasteiger partial charge is 0.349 e. The average Bonchev–Trinajstić information content (AvgIpc) is 2.96. The van der Waals surface area contributed by atoms with E-state index in [0.29, 0.717) is 11.8 Å². The van der Waals surface area contributed by atoms with Crippen LogP contribution in [0.25, 0.3) is 0 Å². The summed E-state index contributed by atoms with van der Waals surface area (Å²) in [4.78, 5) is 12.4. The summed E-state index contributed by atoms with van der Waals surface area (Å²) in [7, 11) is 0. The quantitative estimate of drug-likeness (QED) is 0.783. The molecule has 3 saturated carbocycles. The molecule has 0 aromatic rings. The molecule has 2 nitrogen and oxygen atoms in total. The molecule has 18 heavy (non-hydrogen) atoms. The van der Waals surface area contributed by atoms with Crippen LogP contribution in [0, 0.1) is 23.7 Å². The number of hydrogen-bond acceptors (Lipinski definition) is 1. The first kappa shape index (κ1) is 12.8. The molecule has 0 heterocycles. The number of rotatable bonds is 3. The minimum absolute atomic E-state index is 0.108. The van der Waals surface area contributed by atoms with E-state index in [4.69, 9.17) is 11.6 Å². The van der Waals surface area contributed by atoms with Crippen molar-refractivity contribution in [3.8, 4) is 0 Å². The van der Waals surface area contributed by atoms with Crippen LogP contribution >= 0.6 is 11.6 Å². The molecule has 0 radical (unpaired) electrons. The van der Waals surface area contributed by atoms with E-state index in [1.807, 2.05) is 0 Å². The number of alkyl halides is 1. The minimum atomic E-state index is -0.108. The Bertz CT molecular complexity index is 335. The zero-order valence-electron chi connectivity index (χ0n) is 11.3. The van der Waals surface area contributed by atoms with Crippen LogP contribution in [0.1, 0.15) is 51.9 Å². The molecule has 1 amide bonds. The highest BCUT2D eigenvalue weighted by atomic mass is 35.5. The number of nitrogens with one attached hydrogen (secondary N) is 1. The number of halogens is 1. The van der Waals surface area contributed by atoms with Crippen molar-refractivity contribution in [2.45, 2.75) is 57.4 Å². The van der Waals surface area contributed by atoms with Crippen LogP contribution in [0.3, 0.4) is 0 Å². The molecule has 102 valence electrons. The maximum Gasteiger partial charge on any atom is 0.223 e. The fourth-order valence-corrected chi connectivity index (χ4v) is 4.53. The van der Waals surface area contributed by atoms with Gasteiger partial charge in [-0.1, -0.05) is 19.8 Å². The Kier molecular flexibility index (Phi) is 3.34. The summed E-state index contributed by atoms with van der Waals surface area (Å²) >= 11 is 6.18. The highest BCUT2D eigenvalue weighted by Crippen LogP contribution is 2.54. The highest BCUT2D eigenvalue weighted by molar-refractivity contribution is 6.18. The first-order chi connectivity index (χ1) is 8.62. The number of hydrogen-bond donors (Lipinski definition) is 1. The van der Waals surface area contributed by atoms with Gasteiger partial charge in [0.2, 0.25) is 5.91 Å². The summed E-state index contributed by atoms with van der Waals surface area (Å²) < 4.78 is 0. The molecule has 3 aliphatic rings. The predicted octanol–water partition coefficient (Wildman–Crippen LogP) is 3.34. The molecule has 4 unspecified atom stereocenters. The fraction of sp³-hybridized carbons (Fsp3) is 0.933. The van der Waals surface area contributed by atoms with Gasteiger partial charge >= 0.3 is 0 Å². The van der Waals surface area contributed by atoms with Gasteiger partial charge in [0.05, 0.1) is 5.54 Å². The van der Waals surface area contributed by atoms with Crippen LogP contribution < -0.4 is 5.32 Å². The molecule has 0 saturated heterocycles. The lowest BCUT2D eigenvalue weighted by Crippen LogP contribution is -2.54. The van der Waals surface area contributed by atoms with Crippen LogP contribution in [0.2, 0.25) is 0 Å². The van der Waals surface area contributed by atoms with Crippen molar-refractivity contribution >= 4 is 17.5 Å². The molecule has 3 fully saturated rings. The zero-order valence-corrected chi connectivity index (χ0v) is 12.0. The molecule has 3 aliphatic carbocycles. The van der Waals surface area contributed by atoms with E-state index in [9.17, 15) is 4.79 Å². The van der Waals surface area contributed by atoms with Gasteiger partial charge in [0.25, 0.3) is 0 Å². The molecule has 0 aliphatic heterocycles. The Balaban J connectivity index is 1.60. The van der Waals surface area contributed by atoms with E-state index < -0.39 is 0 Å². The van der Waals surface area contributed by atoms with Crippen LogP contribution in [0.15, 0.2) is 0 Å². The molecule has 0 aromatic carbocycles. The fourth-order valence-electron chi connectivity index (χ4n) is 4.22. The molecule has 0 bridgehead atoms. The number of fused-ring (bicyclic) bond motifs is 1. The van der Waals surface area contributed by atoms with Gasteiger partial charge in [-0.25, -0.2) is 0 Å². The number of carbonyl (C=O) groups is 1. The second-order valence-corrected chi connectivity index (χ2v) is 7.30. The van der Waals surface area contributed by atoms with Crippen molar-refractivity contribution in [2.75, 3.05) is 5.88 Å². The maximum absolute atomic E-state index is 12.4. The van der Waals surface area contributed by atoms with E-state index >= 15 is 0 Å². The lowest BCUT2D eigenvalue weighted by molar-refractivity contribution is -0.127. The highest BCUT2D eigenvalue weighted by Gasteiger charge is 2.49. The van der Waals surface area contributed by atoms with Gasteiger partial charge in [-0.3, -0.25) is 4.79 Å². The lowest BCUT2D eigenvalue weighted by atomic mass is 9.77. The first-order valence-corrected chi connectivity index (χ1v) is 8.03.